The van der Waals surface area contributed by atoms with Gasteiger partial charge in [-0.25, -0.2) is 0 Å². The molecular weight excluding hydrogens is 216 g/mol. The molecule has 0 aromatic carbocycles. The van der Waals surface area contributed by atoms with E-state index in [2.05, 4.69) is 13.8 Å². The predicted octanol–water partition coefficient (Wildman–Crippen LogP) is 1.24. The Bertz CT molecular complexity index is 246. The molecule has 3 atom stereocenters. The summed E-state index contributed by atoms with van der Waals surface area (Å²) in [7, 11) is 1.67. The van der Waals surface area contributed by atoms with Crippen molar-refractivity contribution in [2.75, 3.05) is 26.8 Å². The van der Waals surface area contributed by atoms with Gasteiger partial charge in [0.25, 0.3) is 0 Å². The van der Waals surface area contributed by atoms with E-state index in [1.54, 1.807) is 7.11 Å². The maximum Gasteiger partial charge on any atom is 0.239 e. The van der Waals surface area contributed by atoms with Crippen LogP contribution in [-0.2, 0) is 9.53 Å². The second kappa shape index (κ2) is 6.97. The van der Waals surface area contributed by atoms with Crippen LogP contribution in [0.15, 0.2) is 0 Å². The number of nitrogens with two attached hydrogens (primary N) is 1. The molecule has 1 heterocycles. The average Bonchev–Trinajstić information content (AvgIpc) is 2.32. The summed E-state index contributed by atoms with van der Waals surface area (Å²) >= 11 is 0. The first-order chi connectivity index (χ1) is 8.06. The summed E-state index contributed by atoms with van der Waals surface area (Å²) in [5, 5.41) is 0. The molecule has 3 unspecified atom stereocenters. The Balaban J connectivity index is 2.36. The van der Waals surface area contributed by atoms with Crippen molar-refractivity contribution in [1.29, 1.82) is 0 Å². The number of methoxy groups -OCH3 is 1. The van der Waals surface area contributed by atoms with Gasteiger partial charge < -0.3 is 15.4 Å². The second-order valence-electron chi connectivity index (χ2n) is 5.27. The molecule has 1 rings (SSSR count). The van der Waals surface area contributed by atoms with Crippen LogP contribution in [-0.4, -0.2) is 43.7 Å². The molecule has 4 nitrogen and oxygen atoms in total. The first kappa shape index (κ1) is 14.5. The smallest absolute Gasteiger partial charge is 0.239 e. The molecular formula is C13H26N2O2. The molecule has 0 spiro atoms. The van der Waals surface area contributed by atoms with E-state index in [4.69, 9.17) is 10.5 Å². The lowest BCUT2D eigenvalue weighted by atomic mass is 9.88. The topological polar surface area (TPSA) is 55.6 Å². The van der Waals surface area contributed by atoms with Gasteiger partial charge in [-0.05, 0) is 31.1 Å². The van der Waals surface area contributed by atoms with Gasteiger partial charge in [-0.1, -0.05) is 13.8 Å². The van der Waals surface area contributed by atoms with Crippen molar-refractivity contribution in [3.8, 4) is 0 Å². The fraction of sp³-hybridized carbons (Fsp3) is 0.923. The van der Waals surface area contributed by atoms with Crippen molar-refractivity contribution in [3.63, 3.8) is 0 Å². The van der Waals surface area contributed by atoms with Gasteiger partial charge in [0.05, 0.1) is 6.04 Å². The minimum Gasteiger partial charge on any atom is -0.385 e. The Kier molecular flexibility index (Phi) is 5.92. The molecule has 0 bridgehead atoms. The van der Waals surface area contributed by atoms with E-state index in [1.165, 1.54) is 0 Å². The zero-order valence-corrected chi connectivity index (χ0v) is 11.3. The van der Waals surface area contributed by atoms with Crippen LogP contribution in [0.5, 0.6) is 0 Å². The number of carbonyl (C=O) groups excluding carboxylic acids is 1. The molecule has 1 saturated heterocycles. The number of carbonyl (C=O) groups is 1. The lowest BCUT2D eigenvalue weighted by Gasteiger charge is -2.36. The van der Waals surface area contributed by atoms with E-state index in [9.17, 15) is 4.79 Å². The van der Waals surface area contributed by atoms with Crippen LogP contribution in [0.1, 0.15) is 33.1 Å². The maximum absolute atomic E-state index is 12.1. The second-order valence-corrected chi connectivity index (χ2v) is 5.27. The van der Waals surface area contributed by atoms with Crippen molar-refractivity contribution in [2.45, 2.75) is 39.2 Å². The van der Waals surface area contributed by atoms with Crippen LogP contribution >= 0.6 is 0 Å². The van der Waals surface area contributed by atoms with Gasteiger partial charge in [-0.15, -0.1) is 0 Å². The van der Waals surface area contributed by atoms with Crippen LogP contribution in [0.4, 0.5) is 0 Å². The number of amides is 1. The Labute approximate surface area is 104 Å². The third kappa shape index (κ3) is 4.28. The molecule has 1 aliphatic rings. The van der Waals surface area contributed by atoms with Crippen molar-refractivity contribution in [1.82, 2.24) is 4.90 Å². The zero-order chi connectivity index (χ0) is 12.8. The van der Waals surface area contributed by atoms with Crippen LogP contribution in [0, 0.1) is 11.8 Å². The fourth-order valence-corrected chi connectivity index (χ4v) is 2.27. The van der Waals surface area contributed by atoms with E-state index in [0.717, 1.165) is 25.9 Å². The number of hydrogen-bond acceptors (Lipinski definition) is 3. The van der Waals surface area contributed by atoms with Crippen LogP contribution in [0.3, 0.4) is 0 Å². The van der Waals surface area contributed by atoms with Crippen molar-refractivity contribution in [2.24, 2.45) is 17.6 Å². The minimum absolute atomic E-state index is 0.111. The van der Waals surface area contributed by atoms with Crippen LogP contribution in [0.25, 0.3) is 0 Å². The summed E-state index contributed by atoms with van der Waals surface area (Å²) in [6, 6.07) is -0.356. The number of likely N-dealkylation sites (tertiary alicyclic amines) is 1. The number of ether oxygens (including phenoxy) is 1. The van der Waals surface area contributed by atoms with Gasteiger partial charge >= 0.3 is 0 Å². The highest BCUT2D eigenvalue weighted by atomic mass is 16.5. The fourth-order valence-electron chi connectivity index (χ4n) is 2.27. The Morgan fingerprint density at radius 1 is 1.47 bits per heavy atom. The summed E-state index contributed by atoms with van der Waals surface area (Å²) < 4.78 is 4.97. The maximum atomic E-state index is 12.1. The van der Waals surface area contributed by atoms with Gasteiger partial charge in [0, 0.05) is 26.8 Å². The summed E-state index contributed by atoms with van der Waals surface area (Å²) in [6.07, 6.45) is 2.66. The van der Waals surface area contributed by atoms with E-state index in [0.29, 0.717) is 24.9 Å². The molecule has 1 fully saturated rings. The van der Waals surface area contributed by atoms with E-state index in [-0.39, 0.29) is 11.9 Å². The van der Waals surface area contributed by atoms with Gasteiger partial charge in [-0.2, -0.15) is 0 Å². The van der Waals surface area contributed by atoms with Crippen LogP contribution in [0.2, 0.25) is 0 Å². The standard InChI is InChI=1S/C13H26N2O2/c1-10-6-7-15(9-11(10)2)13(16)12(14)5-4-8-17-3/h10-12H,4-9,14H2,1-3H3. The summed E-state index contributed by atoms with van der Waals surface area (Å²) in [5.74, 6) is 1.41. The summed E-state index contributed by atoms with van der Waals surface area (Å²) in [5.41, 5.74) is 5.92. The molecule has 0 aromatic rings. The quantitative estimate of drug-likeness (QED) is 0.738. The molecule has 17 heavy (non-hydrogen) atoms. The molecule has 0 aromatic heterocycles. The largest absolute Gasteiger partial charge is 0.385 e. The molecule has 1 amide bonds. The molecule has 0 saturated carbocycles. The van der Waals surface area contributed by atoms with Gasteiger partial charge in [0.2, 0.25) is 5.91 Å². The summed E-state index contributed by atoms with van der Waals surface area (Å²) in [4.78, 5) is 14.0. The molecule has 2 N–H and O–H groups in total. The summed E-state index contributed by atoms with van der Waals surface area (Å²) in [6.45, 7) is 6.86. The first-order valence-electron chi connectivity index (χ1n) is 6.59. The minimum atomic E-state index is -0.356. The SMILES string of the molecule is COCCCC(N)C(=O)N1CCC(C)C(C)C1. The Hall–Kier alpha value is -0.610. The van der Waals surface area contributed by atoms with Crippen LogP contribution < -0.4 is 5.73 Å². The first-order valence-corrected chi connectivity index (χ1v) is 6.59. The van der Waals surface area contributed by atoms with Crippen molar-refractivity contribution in [3.05, 3.63) is 0 Å². The molecule has 0 radical (unpaired) electrons. The highest BCUT2D eigenvalue weighted by molar-refractivity contribution is 5.81. The molecule has 4 heteroatoms. The molecule has 0 aliphatic carbocycles. The van der Waals surface area contributed by atoms with E-state index in [1.807, 2.05) is 4.90 Å². The monoisotopic (exact) mass is 242 g/mol. The lowest BCUT2D eigenvalue weighted by molar-refractivity contribution is -0.135. The van der Waals surface area contributed by atoms with Gasteiger partial charge in [0.15, 0.2) is 0 Å². The predicted molar refractivity (Wildman–Crippen MR) is 68.6 cm³/mol. The molecule has 1 aliphatic heterocycles. The Morgan fingerprint density at radius 3 is 2.76 bits per heavy atom. The highest BCUT2D eigenvalue weighted by Gasteiger charge is 2.28. The lowest BCUT2D eigenvalue weighted by Crippen LogP contribution is -2.49. The third-order valence-corrected chi connectivity index (χ3v) is 3.83. The number of hydrogen-bond donors (Lipinski definition) is 1. The Morgan fingerprint density at radius 2 is 2.18 bits per heavy atom. The average molecular weight is 242 g/mol. The van der Waals surface area contributed by atoms with Gasteiger partial charge in [0.1, 0.15) is 0 Å². The number of rotatable bonds is 5. The number of piperidine rings is 1. The van der Waals surface area contributed by atoms with Crippen molar-refractivity contribution >= 4 is 5.91 Å². The van der Waals surface area contributed by atoms with Gasteiger partial charge in [-0.3, -0.25) is 4.79 Å². The van der Waals surface area contributed by atoms with E-state index < -0.39 is 0 Å². The normalized spacial score (nSPS) is 26.9. The third-order valence-electron chi connectivity index (χ3n) is 3.83. The van der Waals surface area contributed by atoms with Crippen molar-refractivity contribution < 1.29 is 9.53 Å². The zero-order valence-electron chi connectivity index (χ0n) is 11.3. The molecule has 100 valence electrons. The number of nitrogens with zero attached hydrogens (tertiary/aromatic N) is 1. The highest BCUT2D eigenvalue weighted by Crippen LogP contribution is 2.22. The van der Waals surface area contributed by atoms with E-state index >= 15 is 0 Å².